The molecule has 0 unspecified atom stereocenters. The third-order valence-corrected chi connectivity index (χ3v) is 2.19. The Bertz CT molecular complexity index is 543. The van der Waals surface area contributed by atoms with E-state index in [0.717, 1.165) is 6.07 Å². The Morgan fingerprint density at radius 1 is 1.29 bits per heavy atom. The van der Waals surface area contributed by atoms with Gasteiger partial charge in [-0.1, -0.05) is 0 Å². The highest BCUT2D eigenvalue weighted by molar-refractivity contribution is 6.06. The lowest BCUT2D eigenvalue weighted by atomic mass is 10.1. The van der Waals surface area contributed by atoms with Crippen molar-refractivity contribution in [1.82, 2.24) is 9.97 Å². The molecule has 0 aliphatic heterocycles. The number of ether oxygens (including phenoxy) is 1. The summed E-state index contributed by atoms with van der Waals surface area (Å²) in [5, 5.41) is 0. The molecule has 86 valence electrons. The van der Waals surface area contributed by atoms with Crippen molar-refractivity contribution in [3.05, 3.63) is 53.9 Å². The molecule has 0 aliphatic carbocycles. The zero-order chi connectivity index (χ0) is 12.3. The molecule has 0 N–H and O–H groups in total. The van der Waals surface area contributed by atoms with Crippen molar-refractivity contribution >= 4 is 5.78 Å². The number of carbonyl (C=O) groups excluding carboxylic acids is 1. The van der Waals surface area contributed by atoms with Gasteiger partial charge in [-0.25, -0.2) is 14.4 Å². The maximum atomic E-state index is 13.6. The number of benzene rings is 1. The Balaban J connectivity index is 2.38. The zero-order valence-electron chi connectivity index (χ0n) is 9.05. The van der Waals surface area contributed by atoms with Crippen LogP contribution in [0, 0.1) is 5.82 Å². The quantitative estimate of drug-likeness (QED) is 0.758. The first-order valence-electron chi connectivity index (χ1n) is 4.87. The van der Waals surface area contributed by atoms with Gasteiger partial charge in [-0.15, -0.1) is 0 Å². The van der Waals surface area contributed by atoms with Crippen molar-refractivity contribution in [2.45, 2.75) is 0 Å². The molecule has 2 aromatic rings. The molecule has 0 atom stereocenters. The third kappa shape index (κ3) is 2.28. The van der Waals surface area contributed by atoms with Gasteiger partial charge >= 0.3 is 0 Å². The van der Waals surface area contributed by atoms with Gasteiger partial charge in [-0.05, 0) is 18.2 Å². The SMILES string of the molecule is COc1ccc(C(=O)c2ncccn2)c(F)c1. The van der Waals surface area contributed by atoms with E-state index in [4.69, 9.17) is 4.74 Å². The highest BCUT2D eigenvalue weighted by atomic mass is 19.1. The van der Waals surface area contributed by atoms with E-state index in [1.807, 2.05) is 0 Å². The fourth-order valence-corrected chi connectivity index (χ4v) is 1.34. The number of ketones is 1. The molecule has 0 fully saturated rings. The summed E-state index contributed by atoms with van der Waals surface area (Å²) in [4.78, 5) is 19.4. The van der Waals surface area contributed by atoms with Gasteiger partial charge in [0, 0.05) is 18.5 Å². The van der Waals surface area contributed by atoms with Crippen LogP contribution in [-0.2, 0) is 0 Å². The number of nitrogens with zero attached hydrogens (tertiary/aromatic N) is 2. The smallest absolute Gasteiger partial charge is 0.233 e. The van der Waals surface area contributed by atoms with E-state index in [9.17, 15) is 9.18 Å². The van der Waals surface area contributed by atoms with E-state index >= 15 is 0 Å². The van der Waals surface area contributed by atoms with Crippen LogP contribution in [0.4, 0.5) is 4.39 Å². The minimum Gasteiger partial charge on any atom is -0.497 e. The average Bonchev–Trinajstić information content (AvgIpc) is 2.39. The average molecular weight is 232 g/mol. The number of hydrogen-bond acceptors (Lipinski definition) is 4. The second kappa shape index (κ2) is 4.69. The molecule has 5 heteroatoms. The van der Waals surface area contributed by atoms with Crippen molar-refractivity contribution in [2.75, 3.05) is 7.11 Å². The lowest BCUT2D eigenvalue weighted by molar-refractivity contribution is 0.102. The van der Waals surface area contributed by atoms with Crippen LogP contribution in [0.5, 0.6) is 5.75 Å². The molecule has 0 bridgehead atoms. The van der Waals surface area contributed by atoms with Crippen LogP contribution in [0.1, 0.15) is 16.2 Å². The Labute approximate surface area is 97.1 Å². The fourth-order valence-electron chi connectivity index (χ4n) is 1.34. The van der Waals surface area contributed by atoms with Gasteiger partial charge in [-0.2, -0.15) is 0 Å². The van der Waals surface area contributed by atoms with E-state index in [1.165, 1.54) is 31.6 Å². The van der Waals surface area contributed by atoms with E-state index in [-0.39, 0.29) is 11.4 Å². The first-order valence-corrected chi connectivity index (χ1v) is 4.87. The zero-order valence-corrected chi connectivity index (χ0v) is 9.05. The molecule has 1 heterocycles. The lowest BCUT2D eigenvalue weighted by Gasteiger charge is -2.03. The fraction of sp³-hybridized carbons (Fsp3) is 0.0833. The second-order valence-electron chi connectivity index (χ2n) is 3.25. The van der Waals surface area contributed by atoms with Crippen molar-refractivity contribution in [1.29, 1.82) is 0 Å². The number of rotatable bonds is 3. The molecule has 0 aliphatic rings. The number of aromatic nitrogens is 2. The lowest BCUT2D eigenvalue weighted by Crippen LogP contribution is -2.08. The van der Waals surface area contributed by atoms with Crippen LogP contribution in [0.15, 0.2) is 36.7 Å². The van der Waals surface area contributed by atoms with E-state index in [1.54, 1.807) is 6.07 Å². The topological polar surface area (TPSA) is 52.1 Å². The molecular formula is C12H9FN2O2. The molecule has 4 nitrogen and oxygen atoms in total. The summed E-state index contributed by atoms with van der Waals surface area (Å²) in [5.74, 6) is -0.878. The Kier molecular flexibility index (Phi) is 3.09. The van der Waals surface area contributed by atoms with Gasteiger partial charge in [0.25, 0.3) is 0 Å². The molecule has 0 spiro atoms. The minimum absolute atomic E-state index is 0.0310. The van der Waals surface area contributed by atoms with E-state index in [0.29, 0.717) is 5.75 Å². The van der Waals surface area contributed by atoms with E-state index in [2.05, 4.69) is 9.97 Å². The first kappa shape index (κ1) is 11.2. The summed E-state index contributed by atoms with van der Waals surface area (Å²) >= 11 is 0. The van der Waals surface area contributed by atoms with Gasteiger partial charge in [0.1, 0.15) is 11.6 Å². The van der Waals surface area contributed by atoms with Crippen LogP contribution in [0.2, 0.25) is 0 Å². The monoisotopic (exact) mass is 232 g/mol. The van der Waals surface area contributed by atoms with E-state index < -0.39 is 11.6 Å². The summed E-state index contributed by atoms with van der Waals surface area (Å²) < 4.78 is 18.5. The molecule has 2 rings (SSSR count). The summed E-state index contributed by atoms with van der Waals surface area (Å²) in [6.45, 7) is 0. The van der Waals surface area contributed by atoms with Crippen molar-refractivity contribution in [3.8, 4) is 5.75 Å². The van der Waals surface area contributed by atoms with Gasteiger partial charge in [-0.3, -0.25) is 4.79 Å². The minimum atomic E-state index is -0.651. The normalized spacial score (nSPS) is 10.0. The van der Waals surface area contributed by atoms with Crippen molar-refractivity contribution in [2.24, 2.45) is 0 Å². The molecule has 0 saturated carbocycles. The summed E-state index contributed by atoms with van der Waals surface area (Å²) in [7, 11) is 1.43. The number of methoxy groups -OCH3 is 1. The maximum absolute atomic E-state index is 13.6. The molecule has 0 saturated heterocycles. The van der Waals surface area contributed by atoms with Gasteiger partial charge in [0.15, 0.2) is 0 Å². The summed E-state index contributed by atoms with van der Waals surface area (Å²) in [6.07, 6.45) is 2.86. The molecule has 17 heavy (non-hydrogen) atoms. The highest BCUT2D eigenvalue weighted by Gasteiger charge is 2.16. The Morgan fingerprint density at radius 3 is 2.59 bits per heavy atom. The predicted molar refractivity (Wildman–Crippen MR) is 58.4 cm³/mol. The van der Waals surface area contributed by atoms with Crippen LogP contribution in [-0.4, -0.2) is 22.9 Å². The summed E-state index contributed by atoms with van der Waals surface area (Å²) in [6, 6.07) is 5.60. The first-order chi connectivity index (χ1) is 8.22. The van der Waals surface area contributed by atoms with Crippen LogP contribution >= 0.6 is 0 Å². The number of hydrogen-bond donors (Lipinski definition) is 0. The standard InChI is InChI=1S/C12H9FN2O2/c1-17-8-3-4-9(10(13)7-8)11(16)12-14-5-2-6-15-12/h2-7H,1H3. The second-order valence-corrected chi connectivity index (χ2v) is 3.25. The molecular weight excluding hydrogens is 223 g/mol. The van der Waals surface area contributed by atoms with Gasteiger partial charge in [0.2, 0.25) is 11.6 Å². The van der Waals surface area contributed by atoms with Gasteiger partial charge in [0.05, 0.1) is 12.7 Å². The number of halogens is 1. The largest absolute Gasteiger partial charge is 0.497 e. The Hall–Kier alpha value is -2.30. The van der Waals surface area contributed by atoms with Crippen molar-refractivity contribution in [3.63, 3.8) is 0 Å². The number of carbonyl (C=O) groups is 1. The molecule has 0 amide bonds. The third-order valence-electron chi connectivity index (χ3n) is 2.19. The maximum Gasteiger partial charge on any atom is 0.233 e. The van der Waals surface area contributed by atoms with Crippen LogP contribution < -0.4 is 4.74 Å². The molecule has 0 radical (unpaired) electrons. The van der Waals surface area contributed by atoms with Crippen molar-refractivity contribution < 1.29 is 13.9 Å². The van der Waals surface area contributed by atoms with Crippen LogP contribution in [0.25, 0.3) is 0 Å². The van der Waals surface area contributed by atoms with Gasteiger partial charge < -0.3 is 4.74 Å². The Morgan fingerprint density at radius 2 is 2.00 bits per heavy atom. The van der Waals surface area contributed by atoms with Crippen LogP contribution in [0.3, 0.4) is 0 Å². The highest BCUT2D eigenvalue weighted by Crippen LogP contribution is 2.17. The molecule has 1 aromatic carbocycles. The predicted octanol–water partition coefficient (Wildman–Crippen LogP) is 1.86. The molecule has 1 aromatic heterocycles. The summed E-state index contributed by atoms with van der Waals surface area (Å²) in [5.41, 5.74) is -0.0722.